The van der Waals surface area contributed by atoms with Gasteiger partial charge in [0.25, 0.3) is 0 Å². The number of carbonyl (C=O) groups excluding carboxylic acids is 1. The number of benzene rings is 1. The molecule has 0 aliphatic heterocycles. The Morgan fingerprint density at radius 1 is 1.26 bits per heavy atom. The Kier molecular flexibility index (Phi) is 5.00. The van der Waals surface area contributed by atoms with Gasteiger partial charge in [-0.25, -0.2) is 4.79 Å². The van der Waals surface area contributed by atoms with E-state index in [1.807, 2.05) is 0 Å². The number of halogens is 2. The van der Waals surface area contributed by atoms with Crippen molar-refractivity contribution in [3.05, 3.63) is 35.9 Å². The molecule has 106 valence electrons. The van der Waals surface area contributed by atoms with Crippen molar-refractivity contribution < 1.29 is 23.4 Å². The van der Waals surface area contributed by atoms with Crippen LogP contribution >= 0.6 is 0 Å². The molecule has 1 aromatic rings. The number of carbonyl (C=O) groups is 1. The third-order valence-electron chi connectivity index (χ3n) is 2.91. The van der Waals surface area contributed by atoms with Crippen molar-refractivity contribution in [3.8, 4) is 0 Å². The van der Waals surface area contributed by atoms with Crippen LogP contribution in [-0.4, -0.2) is 23.6 Å². The predicted molar refractivity (Wildman–Crippen MR) is 66.8 cm³/mol. The highest BCUT2D eigenvalue weighted by Crippen LogP contribution is 2.42. The summed E-state index contributed by atoms with van der Waals surface area (Å²) in [6.07, 6.45) is 0.0726. The minimum absolute atomic E-state index is 0.00917. The molecule has 0 aliphatic rings. The summed E-state index contributed by atoms with van der Waals surface area (Å²) in [7, 11) is 0. The molecule has 0 radical (unpaired) electrons. The van der Waals surface area contributed by atoms with Crippen molar-refractivity contribution >= 4 is 5.97 Å². The largest absolute Gasteiger partial charge is 0.461 e. The lowest BCUT2D eigenvalue weighted by Crippen LogP contribution is -2.51. The van der Waals surface area contributed by atoms with E-state index in [9.17, 15) is 18.7 Å². The molecule has 0 amide bonds. The normalized spacial score (nSPS) is 14.8. The van der Waals surface area contributed by atoms with Crippen LogP contribution in [0.2, 0.25) is 0 Å². The third kappa shape index (κ3) is 2.92. The molecular formula is C14H18F2O3. The van der Waals surface area contributed by atoms with Crippen LogP contribution in [0.25, 0.3) is 0 Å². The van der Waals surface area contributed by atoms with Crippen LogP contribution in [0.3, 0.4) is 0 Å². The number of ether oxygens (including phenoxy) is 1. The first-order valence-corrected chi connectivity index (χ1v) is 6.23. The molecule has 0 unspecified atom stereocenters. The molecule has 3 nitrogen and oxygen atoms in total. The van der Waals surface area contributed by atoms with Gasteiger partial charge in [-0.05, 0) is 18.9 Å². The summed E-state index contributed by atoms with van der Waals surface area (Å²) < 4.78 is 32.8. The topological polar surface area (TPSA) is 46.5 Å². The molecular weight excluding hydrogens is 254 g/mol. The molecule has 0 bridgehead atoms. The number of aliphatic hydroxyl groups is 1. The highest BCUT2D eigenvalue weighted by molar-refractivity contribution is 5.79. The van der Waals surface area contributed by atoms with E-state index >= 15 is 0 Å². The molecule has 0 saturated heterocycles. The quantitative estimate of drug-likeness (QED) is 0.810. The average molecular weight is 272 g/mol. The van der Waals surface area contributed by atoms with Crippen molar-refractivity contribution in [2.45, 2.75) is 38.2 Å². The Balaban J connectivity index is 3.22. The molecule has 19 heavy (non-hydrogen) atoms. The van der Waals surface area contributed by atoms with Gasteiger partial charge < -0.3 is 9.84 Å². The summed E-state index contributed by atoms with van der Waals surface area (Å²) in [4.78, 5) is 11.4. The first kappa shape index (κ1) is 15.6. The van der Waals surface area contributed by atoms with Crippen molar-refractivity contribution in [1.82, 2.24) is 0 Å². The minimum Gasteiger partial charge on any atom is -0.461 e. The van der Waals surface area contributed by atoms with Crippen molar-refractivity contribution in [1.29, 1.82) is 0 Å². The minimum atomic E-state index is -3.99. The fraction of sp³-hybridized carbons (Fsp3) is 0.500. The van der Waals surface area contributed by atoms with Gasteiger partial charge in [-0.15, -0.1) is 0 Å². The van der Waals surface area contributed by atoms with E-state index in [0.717, 1.165) is 0 Å². The molecule has 0 saturated carbocycles. The molecule has 0 fully saturated rings. The van der Waals surface area contributed by atoms with Gasteiger partial charge in [-0.1, -0.05) is 43.7 Å². The Labute approximate surface area is 111 Å². The van der Waals surface area contributed by atoms with Gasteiger partial charge in [0.15, 0.2) is 5.60 Å². The number of hydrogen-bond donors (Lipinski definition) is 1. The summed E-state index contributed by atoms with van der Waals surface area (Å²) in [5.74, 6) is -5.68. The predicted octanol–water partition coefficient (Wildman–Crippen LogP) is 2.87. The van der Waals surface area contributed by atoms with Crippen LogP contribution in [0.5, 0.6) is 0 Å². The van der Waals surface area contributed by atoms with E-state index in [1.165, 1.54) is 31.2 Å². The first-order valence-electron chi connectivity index (χ1n) is 6.23. The monoisotopic (exact) mass is 272 g/mol. The summed E-state index contributed by atoms with van der Waals surface area (Å²) in [6, 6.07) is 7.48. The molecule has 1 aromatic carbocycles. The molecule has 5 heteroatoms. The zero-order valence-electron chi connectivity index (χ0n) is 11.0. The maximum Gasteiger partial charge on any atom is 0.380 e. The van der Waals surface area contributed by atoms with Crippen molar-refractivity contribution in [3.63, 3.8) is 0 Å². The molecule has 0 heterocycles. The van der Waals surface area contributed by atoms with Gasteiger partial charge in [0.2, 0.25) is 0 Å². The van der Waals surface area contributed by atoms with Crippen LogP contribution in [0.1, 0.15) is 32.3 Å². The Bertz CT molecular complexity index is 420. The maximum absolute atomic E-state index is 14.2. The van der Waals surface area contributed by atoms with E-state index in [1.54, 1.807) is 13.0 Å². The van der Waals surface area contributed by atoms with Crippen LogP contribution < -0.4 is 0 Å². The van der Waals surface area contributed by atoms with E-state index in [2.05, 4.69) is 4.74 Å². The fourth-order valence-corrected chi connectivity index (χ4v) is 1.95. The van der Waals surface area contributed by atoms with E-state index in [-0.39, 0.29) is 18.6 Å². The van der Waals surface area contributed by atoms with Gasteiger partial charge >= 0.3 is 11.9 Å². The fourth-order valence-electron chi connectivity index (χ4n) is 1.95. The SMILES string of the molecule is CCC[C@](O)(c1ccccc1)C(F)(F)C(=O)OCC. The number of alkyl halides is 2. The second-order valence-corrected chi connectivity index (χ2v) is 4.27. The molecule has 0 spiro atoms. The van der Waals surface area contributed by atoms with Gasteiger partial charge in [0, 0.05) is 0 Å². The molecule has 1 rings (SSSR count). The van der Waals surface area contributed by atoms with Gasteiger partial charge in [-0.2, -0.15) is 8.78 Å². The second kappa shape index (κ2) is 6.10. The van der Waals surface area contributed by atoms with Gasteiger partial charge in [-0.3, -0.25) is 0 Å². The Hall–Kier alpha value is -1.49. The Morgan fingerprint density at radius 3 is 2.32 bits per heavy atom. The maximum atomic E-state index is 14.2. The first-order chi connectivity index (χ1) is 8.90. The molecule has 0 aromatic heterocycles. The smallest absolute Gasteiger partial charge is 0.380 e. The molecule has 1 N–H and O–H groups in total. The van der Waals surface area contributed by atoms with Crippen LogP contribution in [-0.2, 0) is 15.1 Å². The lowest BCUT2D eigenvalue weighted by Gasteiger charge is -2.34. The Morgan fingerprint density at radius 2 is 1.84 bits per heavy atom. The van der Waals surface area contributed by atoms with Crippen molar-refractivity contribution in [2.24, 2.45) is 0 Å². The lowest BCUT2D eigenvalue weighted by molar-refractivity contribution is -0.219. The number of rotatable bonds is 6. The number of esters is 1. The van der Waals surface area contributed by atoms with Crippen LogP contribution in [0, 0.1) is 0 Å². The summed E-state index contributed by atoms with van der Waals surface area (Å²) in [6.45, 7) is 2.94. The van der Waals surface area contributed by atoms with Crippen LogP contribution in [0.15, 0.2) is 30.3 Å². The molecule has 1 atom stereocenters. The second-order valence-electron chi connectivity index (χ2n) is 4.27. The zero-order valence-corrected chi connectivity index (χ0v) is 11.0. The highest BCUT2D eigenvalue weighted by atomic mass is 19.3. The zero-order chi connectivity index (χ0) is 14.5. The van der Waals surface area contributed by atoms with E-state index in [0.29, 0.717) is 6.42 Å². The highest BCUT2D eigenvalue weighted by Gasteiger charge is 2.59. The van der Waals surface area contributed by atoms with E-state index < -0.39 is 17.5 Å². The van der Waals surface area contributed by atoms with Gasteiger partial charge in [0.1, 0.15) is 0 Å². The lowest BCUT2D eigenvalue weighted by atomic mass is 9.83. The standard InChI is InChI=1S/C14H18F2O3/c1-3-10-13(18,11-8-6-5-7-9-11)14(15,16)12(17)19-4-2/h5-9,18H,3-4,10H2,1-2H3/t13-/m0/s1. The van der Waals surface area contributed by atoms with E-state index in [4.69, 9.17) is 0 Å². The summed E-state index contributed by atoms with van der Waals surface area (Å²) in [5, 5.41) is 10.4. The van der Waals surface area contributed by atoms with Crippen LogP contribution in [0.4, 0.5) is 8.78 Å². The summed E-state index contributed by atoms with van der Waals surface area (Å²) in [5.41, 5.74) is -2.54. The van der Waals surface area contributed by atoms with Crippen molar-refractivity contribution in [2.75, 3.05) is 6.61 Å². The number of hydrogen-bond acceptors (Lipinski definition) is 3. The summed E-state index contributed by atoms with van der Waals surface area (Å²) >= 11 is 0. The molecule has 0 aliphatic carbocycles. The van der Waals surface area contributed by atoms with Gasteiger partial charge in [0.05, 0.1) is 6.61 Å². The third-order valence-corrected chi connectivity index (χ3v) is 2.91. The average Bonchev–Trinajstić information content (AvgIpc) is 2.40.